The number of ether oxygens (including phenoxy) is 2. The van der Waals surface area contributed by atoms with Gasteiger partial charge in [-0.1, -0.05) is 6.07 Å². The van der Waals surface area contributed by atoms with Gasteiger partial charge in [-0.2, -0.15) is 0 Å². The predicted molar refractivity (Wildman–Crippen MR) is 60.9 cm³/mol. The summed E-state index contributed by atoms with van der Waals surface area (Å²) in [5, 5.41) is 0. The Morgan fingerprint density at radius 2 is 2.00 bits per heavy atom. The fraction of sp³-hybridized carbons (Fsp3) is 0.462. The van der Waals surface area contributed by atoms with Gasteiger partial charge >= 0.3 is 5.97 Å². The first-order chi connectivity index (χ1) is 7.72. The average Bonchev–Trinajstić information content (AvgIpc) is 2.29. The largest absolute Gasteiger partial charge is 0.493 e. The molecule has 0 aromatic heterocycles. The molecular formula is C13H16O3. The van der Waals surface area contributed by atoms with Gasteiger partial charge in [-0.05, 0) is 37.3 Å². The lowest BCUT2D eigenvalue weighted by Gasteiger charge is -2.20. The van der Waals surface area contributed by atoms with Crippen LogP contribution >= 0.6 is 0 Å². The van der Waals surface area contributed by atoms with Gasteiger partial charge < -0.3 is 9.47 Å². The minimum Gasteiger partial charge on any atom is -0.493 e. The molecule has 0 bridgehead atoms. The number of carbonyl (C=O) groups excluding carboxylic acids is 1. The van der Waals surface area contributed by atoms with E-state index in [4.69, 9.17) is 9.47 Å². The van der Waals surface area contributed by atoms with Gasteiger partial charge in [0.15, 0.2) is 11.5 Å². The van der Waals surface area contributed by atoms with Crippen molar-refractivity contribution in [3.8, 4) is 11.5 Å². The SMILES string of the molecule is COc1ccc2c(c1OC(C)=O)CCCC2. The Morgan fingerprint density at radius 1 is 1.25 bits per heavy atom. The summed E-state index contributed by atoms with van der Waals surface area (Å²) in [6, 6.07) is 3.95. The summed E-state index contributed by atoms with van der Waals surface area (Å²) in [6.07, 6.45) is 4.38. The first kappa shape index (κ1) is 11.0. The van der Waals surface area contributed by atoms with Crippen molar-refractivity contribution in [3.05, 3.63) is 23.3 Å². The zero-order chi connectivity index (χ0) is 11.5. The van der Waals surface area contributed by atoms with Crippen LogP contribution in [-0.2, 0) is 17.6 Å². The molecule has 0 spiro atoms. The standard InChI is InChI=1S/C13H16O3/c1-9(14)16-13-11-6-4-3-5-10(11)7-8-12(13)15-2/h7-8H,3-6H2,1-2H3. The monoisotopic (exact) mass is 220 g/mol. The zero-order valence-corrected chi connectivity index (χ0v) is 9.71. The van der Waals surface area contributed by atoms with Gasteiger partial charge in [-0.15, -0.1) is 0 Å². The van der Waals surface area contributed by atoms with Crippen LogP contribution in [0.2, 0.25) is 0 Å². The Kier molecular flexibility index (Phi) is 3.13. The highest BCUT2D eigenvalue weighted by Crippen LogP contribution is 2.37. The number of methoxy groups -OCH3 is 1. The summed E-state index contributed by atoms with van der Waals surface area (Å²) in [4.78, 5) is 11.1. The maximum absolute atomic E-state index is 11.1. The normalized spacial score (nSPS) is 14.1. The van der Waals surface area contributed by atoms with Crippen LogP contribution in [0.25, 0.3) is 0 Å². The highest BCUT2D eigenvalue weighted by atomic mass is 16.6. The van der Waals surface area contributed by atoms with Crippen molar-refractivity contribution in [3.63, 3.8) is 0 Å². The molecule has 0 saturated heterocycles. The summed E-state index contributed by atoms with van der Waals surface area (Å²) >= 11 is 0. The lowest BCUT2D eigenvalue weighted by Crippen LogP contribution is -2.10. The van der Waals surface area contributed by atoms with Gasteiger partial charge in [-0.3, -0.25) is 4.79 Å². The molecular weight excluding hydrogens is 204 g/mol. The molecule has 0 radical (unpaired) electrons. The maximum Gasteiger partial charge on any atom is 0.308 e. The molecule has 0 heterocycles. The fourth-order valence-electron chi connectivity index (χ4n) is 2.19. The molecule has 0 atom stereocenters. The summed E-state index contributed by atoms with van der Waals surface area (Å²) in [5.74, 6) is 0.973. The van der Waals surface area contributed by atoms with Crippen molar-refractivity contribution in [1.82, 2.24) is 0 Å². The predicted octanol–water partition coefficient (Wildman–Crippen LogP) is 2.50. The van der Waals surface area contributed by atoms with Gasteiger partial charge in [0.05, 0.1) is 7.11 Å². The van der Waals surface area contributed by atoms with E-state index in [1.807, 2.05) is 6.07 Å². The Labute approximate surface area is 95.4 Å². The van der Waals surface area contributed by atoms with Crippen molar-refractivity contribution in [1.29, 1.82) is 0 Å². The second kappa shape index (κ2) is 4.56. The third-order valence-corrected chi connectivity index (χ3v) is 2.91. The number of carbonyl (C=O) groups is 1. The Bertz CT molecular complexity index is 410. The number of aryl methyl sites for hydroxylation is 1. The third-order valence-electron chi connectivity index (χ3n) is 2.91. The van der Waals surface area contributed by atoms with E-state index in [1.54, 1.807) is 7.11 Å². The minimum atomic E-state index is -0.294. The van der Waals surface area contributed by atoms with Crippen molar-refractivity contribution in [2.24, 2.45) is 0 Å². The van der Waals surface area contributed by atoms with E-state index in [-0.39, 0.29) is 5.97 Å². The quantitative estimate of drug-likeness (QED) is 0.567. The highest BCUT2D eigenvalue weighted by Gasteiger charge is 2.19. The maximum atomic E-state index is 11.1. The van der Waals surface area contributed by atoms with E-state index in [0.29, 0.717) is 11.5 Å². The van der Waals surface area contributed by atoms with Crippen LogP contribution in [0, 0.1) is 0 Å². The van der Waals surface area contributed by atoms with Crippen molar-refractivity contribution in [2.45, 2.75) is 32.6 Å². The molecule has 0 unspecified atom stereocenters. The van der Waals surface area contributed by atoms with Gasteiger partial charge in [-0.25, -0.2) is 0 Å². The molecule has 2 rings (SSSR count). The smallest absolute Gasteiger partial charge is 0.308 e. The van der Waals surface area contributed by atoms with Crippen LogP contribution < -0.4 is 9.47 Å². The van der Waals surface area contributed by atoms with Gasteiger partial charge in [0.25, 0.3) is 0 Å². The molecule has 3 nitrogen and oxygen atoms in total. The van der Waals surface area contributed by atoms with Crippen LogP contribution in [0.4, 0.5) is 0 Å². The van der Waals surface area contributed by atoms with E-state index in [2.05, 4.69) is 6.07 Å². The van der Waals surface area contributed by atoms with Gasteiger partial charge in [0.1, 0.15) is 0 Å². The molecule has 3 heteroatoms. The second-order valence-electron chi connectivity index (χ2n) is 4.04. The highest BCUT2D eigenvalue weighted by molar-refractivity contribution is 5.71. The third kappa shape index (κ3) is 2.03. The Hall–Kier alpha value is -1.51. The lowest BCUT2D eigenvalue weighted by atomic mass is 9.91. The van der Waals surface area contributed by atoms with E-state index in [1.165, 1.54) is 18.9 Å². The molecule has 86 valence electrons. The molecule has 0 amide bonds. The second-order valence-corrected chi connectivity index (χ2v) is 4.04. The van der Waals surface area contributed by atoms with Crippen LogP contribution in [0.15, 0.2) is 12.1 Å². The molecule has 1 aromatic carbocycles. The summed E-state index contributed by atoms with van der Waals surface area (Å²) in [7, 11) is 1.59. The fourth-order valence-corrected chi connectivity index (χ4v) is 2.19. The lowest BCUT2D eigenvalue weighted by molar-refractivity contribution is -0.132. The number of esters is 1. The Morgan fingerprint density at radius 3 is 2.69 bits per heavy atom. The number of hydrogen-bond acceptors (Lipinski definition) is 3. The van der Waals surface area contributed by atoms with Gasteiger partial charge in [0.2, 0.25) is 0 Å². The van der Waals surface area contributed by atoms with E-state index in [9.17, 15) is 4.79 Å². The molecule has 1 aliphatic rings. The van der Waals surface area contributed by atoms with Crippen molar-refractivity contribution < 1.29 is 14.3 Å². The first-order valence-electron chi connectivity index (χ1n) is 5.59. The van der Waals surface area contributed by atoms with Crippen molar-refractivity contribution in [2.75, 3.05) is 7.11 Å². The molecule has 0 saturated carbocycles. The van der Waals surface area contributed by atoms with Gasteiger partial charge in [0, 0.05) is 12.5 Å². The van der Waals surface area contributed by atoms with Crippen LogP contribution in [0.3, 0.4) is 0 Å². The molecule has 0 N–H and O–H groups in total. The molecule has 0 aliphatic heterocycles. The first-order valence-corrected chi connectivity index (χ1v) is 5.59. The Balaban J connectivity index is 2.47. The molecule has 0 fully saturated rings. The summed E-state index contributed by atoms with van der Waals surface area (Å²) in [5.41, 5.74) is 2.42. The zero-order valence-electron chi connectivity index (χ0n) is 9.71. The molecule has 1 aliphatic carbocycles. The topological polar surface area (TPSA) is 35.5 Å². The van der Waals surface area contributed by atoms with E-state index in [0.717, 1.165) is 24.8 Å². The van der Waals surface area contributed by atoms with E-state index >= 15 is 0 Å². The minimum absolute atomic E-state index is 0.294. The number of fused-ring (bicyclic) bond motifs is 1. The molecule has 1 aromatic rings. The summed E-state index contributed by atoms with van der Waals surface area (Å²) in [6.45, 7) is 1.42. The van der Waals surface area contributed by atoms with E-state index < -0.39 is 0 Å². The van der Waals surface area contributed by atoms with Crippen LogP contribution in [-0.4, -0.2) is 13.1 Å². The van der Waals surface area contributed by atoms with Crippen molar-refractivity contribution >= 4 is 5.97 Å². The number of rotatable bonds is 2. The summed E-state index contributed by atoms with van der Waals surface area (Å²) < 4.78 is 10.5. The molecule has 16 heavy (non-hydrogen) atoms. The average molecular weight is 220 g/mol. The number of hydrogen-bond donors (Lipinski definition) is 0. The number of benzene rings is 1. The van der Waals surface area contributed by atoms with Crippen LogP contribution in [0.1, 0.15) is 30.9 Å². The van der Waals surface area contributed by atoms with Crippen LogP contribution in [0.5, 0.6) is 11.5 Å².